The lowest BCUT2D eigenvalue weighted by Crippen LogP contribution is -2.27. The van der Waals surface area contributed by atoms with Gasteiger partial charge in [0.2, 0.25) is 5.91 Å². The molecule has 4 N–H and O–H groups in total. The zero-order valence-corrected chi connectivity index (χ0v) is 17.6. The zero-order valence-electron chi connectivity index (χ0n) is 17.6. The number of anilines is 2. The van der Waals surface area contributed by atoms with E-state index in [-0.39, 0.29) is 11.5 Å². The fraction of sp³-hybridized carbons (Fsp3) is 0.0385. The fourth-order valence-electron chi connectivity index (χ4n) is 3.44. The molecule has 4 aromatic rings. The third-order valence-electron chi connectivity index (χ3n) is 5.09. The molecule has 0 bridgehead atoms. The van der Waals surface area contributed by atoms with E-state index in [0.29, 0.717) is 22.6 Å². The van der Waals surface area contributed by atoms with E-state index in [1.807, 2.05) is 30.3 Å². The molecular weight excluding hydrogens is 416 g/mol. The van der Waals surface area contributed by atoms with Crippen LogP contribution in [0.15, 0.2) is 108 Å². The summed E-state index contributed by atoms with van der Waals surface area (Å²) in [6, 6.07) is 27.2. The van der Waals surface area contributed by atoms with Crippen LogP contribution in [0.25, 0.3) is 5.69 Å². The summed E-state index contributed by atoms with van der Waals surface area (Å²) in [5.41, 5.74) is 8.22. The van der Waals surface area contributed by atoms with Crippen molar-refractivity contribution in [1.29, 1.82) is 0 Å². The maximum Gasteiger partial charge on any atom is 0.255 e. The Bertz CT molecular complexity index is 1330. The van der Waals surface area contributed by atoms with Crippen molar-refractivity contribution < 1.29 is 9.59 Å². The van der Waals surface area contributed by atoms with Gasteiger partial charge in [0.05, 0.1) is 0 Å². The van der Waals surface area contributed by atoms with Gasteiger partial charge in [0, 0.05) is 34.9 Å². The maximum atomic E-state index is 13.2. The first-order valence-corrected chi connectivity index (χ1v) is 10.3. The highest BCUT2D eigenvalue weighted by molar-refractivity contribution is 5.98. The number of benzene rings is 3. The third kappa shape index (κ3) is 5.16. The molecule has 0 aliphatic rings. The van der Waals surface area contributed by atoms with E-state index in [0.717, 1.165) is 5.56 Å². The number of nitrogens with one attached hydrogen (secondary N) is 2. The van der Waals surface area contributed by atoms with Crippen LogP contribution >= 0.6 is 0 Å². The monoisotopic (exact) mass is 438 g/mol. The second-order valence-corrected chi connectivity index (χ2v) is 7.38. The summed E-state index contributed by atoms with van der Waals surface area (Å²) in [7, 11) is 0. The minimum Gasteiger partial charge on any atom is -0.370 e. The molecule has 164 valence electrons. The van der Waals surface area contributed by atoms with Gasteiger partial charge in [-0.2, -0.15) is 0 Å². The molecule has 2 amide bonds. The maximum absolute atomic E-state index is 13.2. The summed E-state index contributed by atoms with van der Waals surface area (Å²) in [6.45, 7) is 0. The van der Waals surface area contributed by atoms with Gasteiger partial charge in [-0.05, 0) is 54.1 Å². The number of nitrogens with two attached hydrogens (primary N) is 1. The van der Waals surface area contributed by atoms with Crippen molar-refractivity contribution in [3.63, 3.8) is 0 Å². The number of carbonyl (C=O) groups is 2. The summed E-state index contributed by atoms with van der Waals surface area (Å²) in [5.74, 6) is -0.827. The van der Waals surface area contributed by atoms with E-state index in [9.17, 15) is 14.4 Å². The first-order valence-electron chi connectivity index (χ1n) is 10.3. The Morgan fingerprint density at radius 3 is 2.21 bits per heavy atom. The van der Waals surface area contributed by atoms with Crippen molar-refractivity contribution in [2.24, 2.45) is 5.73 Å². The molecule has 1 aromatic heterocycles. The van der Waals surface area contributed by atoms with Crippen molar-refractivity contribution in [2.75, 3.05) is 10.6 Å². The van der Waals surface area contributed by atoms with Crippen LogP contribution in [0.1, 0.15) is 22.0 Å². The molecule has 0 saturated carbocycles. The summed E-state index contributed by atoms with van der Waals surface area (Å²) in [5, 5.41) is 6.10. The van der Waals surface area contributed by atoms with E-state index in [1.165, 1.54) is 10.6 Å². The zero-order chi connectivity index (χ0) is 23.2. The number of hydrogen-bond acceptors (Lipinski definition) is 4. The minimum absolute atomic E-state index is 0.138. The largest absolute Gasteiger partial charge is 0.370 e. The predicted molar refractivity (Wildman–Crippen MR) is 128 cm³/mol. The molecule has 0 fully saturated rings. The van der Waals surface area contributed by atoms with Crippen LogP contribution in [0.2, 0.25) is 0 Å². The molecule has 0 unspecified atom stereocenters. The number of carbonyl (C=O) groups excluding carboxylic acids is 2. The second-order valence-electron chi connectivity index (χ2n) is 7.38. The van der Waals surface area contributed by atoms with Crippen molar-refractivity contribution in [1.82, 2.24) is 4.57 Å². The molecule has 0 spiro atoms. The van der Waals surface area contributed by atoms with Crippen LogP contribution in [0.5, 0.6) is 0 Å². The summed E-state index contributed by atoms with van der Waals surface area (Å²) in [6.07, 6.45) is 1.69. The van der Waals surface area contributed by atoms with Gasteiger partial charge >= 0.3 is 0 Å². The smallest absolute Gasteiger partial charge is 0.255 e. The average molecular weight is 438 g/mol. The third-order valence-corrected chi connectivity index (χ3v) is 5.09. The van der Waals surface area contributed by atoms with E-state index in [4.69, 9.17) is 5.73 Å². The lowest BCUT2D eigenvalue weighted by Gasteiger charge is -2.20. The van der Waals surface area contributed by atoms with Crippen molar-refractivity contribution in [3.05, 3.63) is 125 Å². The molecule has 0 saturated heterocycles. The highest BCUT2D eigenvalue weighted by Crippen LogP contribution is 2.23. The van der Waals surface area contributed by atoms with Gasteiger partial charge in [-0.1, -0.05) is 42.5 Å². The summed E-state index contributed by atoms with van der Waals surface area (Å²) >= 11 is 0. The molecular formula is C26H22N4O3. The Morgan fingerprint density at radius 2 is 1.52 bits per heavy atom. The van der Waals surface area contributed by atoms with Gasteiger partial charge < -0.3 is 16.4 Å². The van der Waals surface area contributed by atoms with E-state index < -0.39 is 11.9 Å². The number of primary amides is 1. The summed E-state index contributed by atoms with van der Waals surface area (Å²) in [4.78, 5) is 36.8. The SMILES string of the molecule is NC(=O)c1cccc(N[C@H](C(=O)Nc2ccc(-n3ccccc3=O)cc2)c2ccccc2)c1. The standard InChI is InChI=1S/C26H22N4O3/c27-25(32)19-9-6-10-21(17-19)28-24(18-7-2-1-3-8-18)26(33)29-20-12-14-22(15-13-20)30-16-5-4-11-23(30)31/h1-17,24,28H,(H2,27,32)(H,29,33)/t24-/m0/s1. The van der Waals surface area contributed by atoms with Gasteiger partial charge in [0.25, 0.3) is 11.5 Å². The lowest BCUT2D eigenvalue weighted by atomic mass is 10.0. The van der Waals surface area contributed by atoms with Gasteiger partial charge in [-0.3, -0.25) is 19.0 Å². The van der Waals surface area contributed by atoms with E-state index in [1.54, 1.807) is 66.9 Å². The van der Waals surface area contributed by atoms with E-state index >= 15 is 0 Å². The highest BCUT2D eigenvalue weighted by atomic mass is 16.2. The minimum atomic E-state index is -0.717. The van der Waals surface area contributed by atoms with Crippen LogP contribution < -0.4 is 21.9 Å². The first-order chi connectivity index (χ1) is 16.0. The molecule has 4 rings (SSSR count). The highest BCUT2D eigenvalue weighted by Gasteiger charge is 2.21. The quantitative estimate of drug-likeness (QED) is 0.409. The van der Waals surface area contributed by atoms with Gasteiger partial charge in [0.15, 0.2) is 0 Å². The first kappa shape index (κ1) is 21.6. The van der Waals surface area contributed by atoms with Crippen molar-refractivity contribution in [2.45, 2.75) is 6.04 Å². The number of rotatable bonds is 7. The summed E-state index contributed by atoms with van der Waals surface area (Å²) < 4.78 is 1.52. The Balaban J connectivity index is 1.57. The Labute approximate surface area is 190 Å². The fourth-order valence-corrected chi connectivity index (χ4v) is 3.44. The topological polar surface area (TPSA) is 106 Å². The molecule has 7 nitrogen and oxygen atoms in total. The molecule has 1 heterocycles. The van der Waals surface area contributed by atoms with Gasteiger partial charge in [0.1, 0.15) is 6.04 Å². The Hall–Kier alpha value is -4.65. The lowest BCUT2D eigenvalue weighted by molar-refractivity contribution is -0.117. The molecule has 33 heavy (non-hydrogen) atoms. The van der Waals surface area contributed by atoms with Crippen LogP contribution in [0.4, 0.5) is 11.4 Å². The van der Waals surface area contributed by atoms with Crippen LogP contribution in [-0.4, -0.2) is 16.4 Å². The Kier molecular flexibility index (Phi) is 6.31. The van der Waals surface area contributed by atoms with E-state index in [2.05, 4.69) is 10.6 Å². The number of aromatic nitrogens is 1. The van der Waals surface area contributed by atoms with Crippen LogP contribution in [0, 0.1) is 0 Å². The average Bonchev–Trinajstić information content (AvgIpc) is 2.84. The van der Waals surface area contributed by atoms with Crippen LogP contribution in [0.3, 0.4) is 0 Å². The van der Waals surface area contributed by atoms with Crippen LogP contribution in [-0.2, 0) is 4.79 Å². The number of pyridine rings is 1. The van der Waals surface area contributed by atoms with Crippen molar-refractivity contribution >= 4 is 23.2 Å². The number of nitrogens with zero attached hydrogens (tertiary/aromatic N) is 1. The van der Waals surface area contributed by atoms with Crippen molar-refractivity contribution in [3.8, 4) is 5.69 Å². The molecule has 1 atom stereocenters. The second kappa shape index (κ2) is 9.65. The molecule has 7 heteroatoms. The molecule has 0 aliphatic carbocycles. The van der Waals surface area contributed by atoms with Gasteiger partial charge in [-0.25, -0.2) is 0 Å². The predicted octanol–water partition coefficient (Wildman–Crippen LogP) is 3.73. The molecule has 0 aliphatic heterocycles. The van der Waals surface area contributed by atoms with Gasteiger partial charge in [-0.15, -0.1) is 0 Å². The normalized spacial score (nSPS) is 11.4. The Morgan fingerprint density at radius 1 is 0.788 bits per heavy atom. The molecule has 3 aromatic carbocycles. The number of hydrogen-bond donors (Lipinski definition) is 3. The molecule has 0 radical (unpaired) electrons. The number of amides is 2.